The van der Waals surface area contributed by atoms with Crippen LogP contribution in [-0.2, 0) is 7.05 Å². The molecule has 0 aromatic carbocycles. The van der Waals surface area contributed by atoms with Crippen LogP contribution in [0.1, 0.15) is 16.1 Å². The Balaban J connectivity index is 2.53. The average molecular weight is 229 g/mol. The van der Waals surface area contributed by atoms with Crippen molar-refractivity contribution in [3.8, 4) is 17.5 Å². The molecule has 0 saturated carbocycles. The van der Waals surface area contributed by atoms with Crippen molar-refractivity contribution in [2.45, 2.75) is 0 Å². The van der Waals surface area contributed by atoms with E-state index in [-0.39, 0.29) is 11.5 Å². The van der Waals surface area contributed by atoms with Crippen molar-refractivity contribution >= 4 is 5.97 Å². The van der Waals surface area contributed by atoms with Gasteiger partial charge in [-0.05, 0) is 0 Å². The molecule has 0 saturated heterocycles. The Kier molecular flexibility index (Phi) is 2.54. The van der Waals surface area contributed by atoms with Crippen molar-refractivity contribution in [3.05, 3.63) is 29.8 Å². The Morgan fingerprint density at radius 1 is 1.41 bits per heavy atom. The van der Waals surface area contributed by atoms with Gasteiger partial charge in [0.15, 0.2) is 11.5 Å². The maximum absolute atomic E-state index is 11.0. The normalized spacial score (nSPS) is 9.88. The second-order valence-corrected chi connectivity index (χ2v) is 3.24. The molecule has 0 radical (unpaired) electrons. The zero-order valence-electron chi connectivity index (χ0n) is 8.82. The molecule has 2 aromatic rings. The van der Waals surface area contributed by atoms with Gasteiger partial charge in [0, 0.05) is 19.4 Å². The Morgan fingerprint density at radius 2 is 2.06 bits per heavy atom. The molecule has 2 heterocycles. The summed E-state index contributed by atoms with van der Waals surface area (Å²) in [5, 5.41) is 21.5. The van der Waals surface area contributed by atoms with Crippen molar-refractivity contribution in [2.75, 3.05) is 0 Å². The molecule has 0 bridgehead atoms. The molecule has 0 aliphatic carbocycles. The predicted octanol–water partition coefficient (Wildman–Crippen LogP) is 0.447. The fourth-order valence-electron chi connectivity index (χ4n) is 1.38. The standard InChI is InChI=1S/C10H7N5O2/c1-15-8(10(16)17)7(5-14-15)9-12-3-6(2-11)4-13-9/h3-5H,1H3,(H,16,17). The summed E-state index contributed by atoms with van der Waals surface area (Å²) in [6.07, 6.45) is 4.05. The molecule has 0 unspecified atom stereocenters. The van der Waals surface area contributed by atoms with Gasteiger partial charge in [-0.15, -0.1) is 0 Å². The summed E-state index contributed by atoms with van der Waals surface area (Å²) in [6, 6.07) is 1.89. The lowest BCUT2D eigenvalue weighted by atomic mass is 10.2. The summed E-state index contributed by atoms with van der Waals surface area (Å²) < 4.78 is 1.24. The van der Waals surface area contributed by atoms with Gasteiger partial charge in [0.1, 0.15) is 6.07 Å². The van der Waals surface area contributed by atoms with E-state index in [1.165, 1.54) is 30.3 Å². The van der Waals surface area contributed by atoms with Crippen molar-refractivity contribution in [3.63, 3.8) is 0 Å². The molecule has 17 heavy (non-hydrogen) atoms. The second-order valence-electron chi connectivity index (χ2n) is 3.24. The molecule has 7 nitrogen and oxygen atoms in total. The number of aromatic nitrogens is 4. The van der Waals surface area contributed by atoms with Crippen molar-refractivity contribution in [1.82, 2.24) is 19.7 Å². The number of nitrogens with zero attached hydrogens (tertiary/aromatic N) is 5. The van der Waals surface area contributed by atoms with Gasteiger partial charge in [0.25, 0.3) is 0 Å². The first kappa shape index (κ1) is 10.8. The first-order chi connectivity index (χ1) is 8.13. The molecule has 0 atom stereocenters. The highest BCUT2D eigenvalue weighted by Crippen LogP contribution is 2.18. The molecular formula is C10H7N5O2. The van der Waals surface area contributed by atoms with E-state index in [2.05, 4.69) is 15.1 Å². The lowest BCUT2D eigenvalue weighted by Crippen LogP contribution is -2.07. The number of carbonyl (C=O) groups is 1. The molecule has 0 amide bonds. The predicted molar refractivity (Wildman–Crippen MR) is 55.9 cm³/mol. The average Bonchev–Trinajstić information content (AvgIpc) is 2.71. The second kappa shape index (κ2) is 4.02. The van der Waals surface area contributed by atoms with Crippen LogP contribution in [0.2, 0.25) is 0 Å². The summed E-state index contributed by atoms with van der Waals surface area (Å²) in [6.45, 7) is 0. The third kappa shape index (κ3) is 1.83. The summed E-state index contributed by atoms with van der Waals surface area (Å²) in [4.78, 5) is 18.9. The third-order valence-corrected chi connectivity index (χ3v) is 2.16. The zero-order chi connectivity index (χ0) is 12.4. The first-order valence-corrected chi connectivity index (χ1v) is 4.61. The van der Waals surface area contributed by atoms with E-state index >= 15 is 0 Å². The Labute approximate surface area is 96.0 Å². The van der Waals surface area contributed by atoms with Crippen LogP contribution in [0.3, 0.4) is 0 Å². The Hall–Kier alpha value is -2.75. The van der Waals surface area contributed by atoms with E-state index in [1.54, 1.807) is 0 Å². The smallest absolute Gasteiger partial charge is 0.354 e. The van der Waals surface area contributed by atoms with E-state index in [4.69, 9.17) is 10.4 Å². The highest BCUT2D eigenvalue weighted by molar-refractivity contribution is 5.92. The first-order valence-electron chi connectivity index (χ1n) is 4.61. The number of nitriles is 1. The molecule has 2 aromatic heterocycles. The Bertz CT molecular complexity index is 609. The fourth-order valence-corrected chi connectivity index (χ4v) is 1.38. The van der Waals surface area contributed by atoms with Crippen LogP contribution in [0.25, 0.3) is 11.4 Å². The number of aromatic carboxylic acids is 1. The van der Waals surface area contributed by atoms with Gasteiger partial charge in [-0.3, -0.25) is 4.68 Å². The molecule has 2 rings (SSSR count). The molecule has 0 aliphatic rings. The number of carboxylic acids is 1. The van der Waals surface area contributed by atoms with Crippen molar-refractivity contribution < 1.29 is 9.90 Å². The molecule has 0 aliphatic heterocycles. The highest BCUT2D eigenvalue weighted by atomic mass is 16.4. The van der Waals surface area contributed by atoms with Crippen LogP contribution in [0, 0.1) is 11.3 Å². The van der Waals surface area contributed by atoms with Gasteiger partial charge in [-0.25, -0.2) is 14.8 Å². The van der Waals surface area contributed by atoms with Crippen molar-refractivity contribution in [1.29, 1.82) is 5.26 Å². The van der Waals surface area contributed by atoms with Gasteiger partial charge >= 0.3 is 5.97 Å². The number of hydrogen-bond donors (Lipinski definition) is 1. The Morgan fingerprint density at radius 3 is 2.59 bits per heavy atom. The van der Waals surface area contributed by atoms with E-state index in [1.807, 2.05) is 6.07 Å². The minimum atomic E-state index is -1.10. The topological polar surface area (TPSA) is 105 Å². The number of hydrogen-bond acceptors (Lipinski definition) is 5. The SMILES string of the molecule is Cn1ncc(-c2ncc(C#N)cn2)c1C(=O)O. The quantitative estimate of drug-likeness (QED) is 0.801. The van der Waals surface area contributed by atoms with Gasteiger partial charge in [0.2, 0.25) is 0 Å². The number of carboxylic acid groups (broad SMARTS) is 1. The molecule has 0 spiro atoms. The molecule has 0 fully saturated rings. The van der Waals surface area contributed by atoms with Gasteiger partial charge in [0.05, 0.1) is 17.3 Å². The minimum absolute atomic E-state index is 0.00899. The van der Waals surface area contributed by atoms with Crippen LogP contribution in [0.5, 0.6) is 0 Å². The largest absolute Gasteiger partial charge is 0.477 e. The van der Waals surface area contributed by atoms with E-state index < -0.39 is 5.97 Å². The maximum atomic E-state index is 11.0. The minimum Gasteiger partial charge on any atom is -0.477 e. The molecule has 7 heteroatoms. The van der Waals surface area contributed by atoms with Crippen molar-refractivity contribution in [2.24, 2.45) is 7.05 Å². The van der Waals surface area contributed by atoms with E-state index in [0.29, 0.717) is 11.1 Å². The monoisotopic (exact) mass is 229 g/mol. The fraction of sp³-hybridized carbons (Fsp3) is 0.100. The van der Waals surface area contributed by atoms with Crippen LogP contribution in [0.4, 0.5) is 0 Å². The highest BCUT2D eigenvalue weighted by Gasteiger charge is 2.18. The van der Waals surface area contributed by atoms with Gasteiger partial charge in [-0.2, -0.15) is 10.4 Å². The van der Waals surface area contributed by atoms with Crippen LogP contribution < -0.4 is 0 Å². The lowest BCUT2D eigenvalue weighted by Gasteiger charge is -1.99. The molecular weight excluding hydrogens is 222 g/mol. The number of rotatable bonds is 2. The van der Waals surface area contributed by atoms with Crippen LogP contribution in [0.15, 0.2) is 18.6 Å². The number of aryl methyl sites for hydroxylation is 1. The van der Waals surface area contributed by atoms with E-state index in [9.17, 15) is 4.79 Å². The summed E-state index contributed by atoms with van der Waals surface area (Å²) in [5.41, 5.74) is 0.647. The zero-order valence-corrected chi connectivity index (χ0v) is 8.82. The summed E-state index contributed by atoms with van der Waals surface area (Å²) in [5.74, 6) is -0.873. The van der Waals surface area contributed by atoms with Crippen LogP contribution in [-0.4, -0.2) is 30.8 Å². The molecule has 84 valence electrons. The third-order valence-electron chi connectivity index (χ3n) is 2.16. The molecule has 1 N–H and O–H groups in total. The van der Waals surface area contributed by atoms with Gasteiger partial charge in [-0.1, -0.05) is 0 Å². The summed E-state index contributed by atoms with van der Waals surface area (Å²) >= 11 is 0. The lowest BCUT2D eigenvalue weighted by molar-refractivity contribution is 0.0686. The maximum Gasteiger partial charge on any atom is 0.354 e. The van der Waals surface area contributed by atoms with Gasteiger partial charge < -0.3 is 5.11 Å². The van der Waals surface area contributed by atoms with Crippen LogP contribution >= 0.6 is 0 Å². The van der Waals surface area contributed by atoms with E-state index in [0.717, 1.165) is 0 Å². The summed E-state index contributed by atoms with van der Waals surface area (Å²) in [7, 11) is 1.52.